The van der Waals surface area contributed by atoms with E-state index in [9.17, 15) is 13.6 Å². The Bertz CT molecular complexity index is 1180. The van der Waals surface area contributed by atoms with Gasteiger partial charge in [0.1, 0.15) is 23.5 Å². The number of aryl methyl sites for hydroxylation is 2. The van der Waals surface area contributed by atoms with Crippen molar-refractivity contribution >= 4 is 12.0 Å². The Hall–Kier alpha value is -3.61. The molecule has 0 spiro atoms. The Kier molecular flexibility index (Phi) is 5.75. The Labute approximate surface area is 178 Å². The van der Waals surface area contributed by atoms with Crippen LogP contribution in [0.2, 0.25) is 0 Å². The average molecular weight is 421 g/mol. The molecule has 1 aliphatic heterocycles. The summed E-state index contributed by atoms with van der Waals surface area (Å²) in [6, 6.07) is 8.99. The van der Waals surface area contributed by atoms with Crippen LogP contribution >= 0.6 is 0 Å². The van der Waals surface area contributed by atoms with Crippen molar-refractivity contribution in [2.24, 2.45) is 0 Å². The van der Waals surface area contributed by atoms with Crippen LogP contribution < -0.4 is 10.1 Å². The molecule has 2 aromatic carbocycles. The van der Waals surface area contributed by atoms with Gasteiger partial charge >= 0.3 is 0 Å². The highest BCUT2D eigenvalue weighted by molar-refractivity contribution is 5.91. The number of ether oxygens (including phenoxy) is 1. The number of nitrogens with zero attached hydrogens (tertiary/aromatic N) is 2. The fourth-order valence-corrected chi connectivity index (χ4v) is 3.51. The van der Waals surface area contributed by atoms with Crippen molar-refractivity contribution < 1.29 is 18.3 Å². The van der Waals surface area contributed by atoms with Crippen LogP contribution in [0.15, 0.2) is 48.7 Å². The van der Waals surface area contributed by atoms with Crippen molar-refractivity contribution in [2.75, 3.05) is 6.54 Å². The topological polar surface area (TPSA) is 64.1 Å². The lowest BCUT2D eigenvalue weighted by molar-refractivity contribution is -0.116. The monoisotopic (exact) mass is 421 g/mol. The van der Waals surface area contributed by atoms with E-state index in [2.05, 4.69) is 15.3 Å². The third-order valence-corrected chi connectivity index (χ3v) is 5.03. The predicted octanol–water partition coefficient (Wildman–Crippen LogP) is 4.17. The van der Waals surface area contributed by atoms with Crippen LogP contribution in [-0.4, -0.2) is 28.5 Å². The maximum atomic E-state index is 14.4. The average Bonchev–Trinajstić information content (AvgIpc) is 3.18. The highest BCUT2D eigenvalue weighted by atomic mass is 19.1. The molecule has 1 aliphatic rings. The summed E-state index contributed by atoms with van der Waals surface area (Å²) in [6.45, 7) is 3.89. The molecule has 158 valence electrons. The van der Waals surface area contributed by atoms with Crippen molar-refractivity contribution in [3.63, 3.8) is 0 Å². The van der Waals surface area contributed by atoms with Gasteiger partial charge in [0, 0.05) is 29.8 Å². The van der Waals surface area contributed by atoms with E-state index < -0.39 is 6.10 Å². The highest BCUT2D eigenvalue weighted by Crippen LogP contribution is 2.40. The maximum absolute atomic E-state index is 14.4. The zero-order valence-corrected chi connectivity index (χ0v) is 17.2. The lowest BCUT2D eigenvalue weighted by Crippen LogP contribution is -2.33. The van der Waals surface area contributed by atoms with E-state index in [0.717, 1.165) is 11.4 Å². The van der Waals surface area contributed by atoms with Crippen molar-refractivity contribution in [3.05, 3.63) is 82.8 Å². The highest BCUT2D eigenvalue weighted by Gasteiger charge is 2.30. The van der Waals surface area contributed by atoms with Gasteiger partial charge in [-0.15, -0.1) is 0 Å². The van der Waals surface area contributed by atoms with Crippen LogP contribution in [0.5, 0.6) is 5.75 Å². The number of hydrogen-bond donors (Lipinski definition) is 1. The second-order valence-corrected chi connectivity index (χ2v) is 7.43. The van der Waals surface area contributed by atoms with Crippen LogP contribution in [0.3, 0.4) is 0 Å². The minimum absolute atomic E-state index is 0.207. The second-order valence-electron chi connectivity index (χ2n) is 7.43. The van der Waals surface area contributed by atoms with E-state index in [0.29, 0.717) is 34.6 Å². The van der Waals surface area contributed by atoms with Gasteiger partial charge in [0.25, 0.3) is 0 Å². The quantitative estimate of drug-likeness (QED) is 0.628. The van der Waals surface area contributed by atoms with Gasteiger partial charge in [0.05, 0.1) is 23.6 Å². The van der Waals surface area contributed by atoms with E-state index in [1.54, 1.807) is 24.4 Å². The summed E-state index contributed by atoms with van der Waals surface area (Å²) < 4.78 is 33.7. The number of fused-ring (bicyclic) bond motifs is 1. The van der Waals surface area contributed by atoms with Gasteiger partial charge in [-0.1, -0.05) is 12.1 Å². The Balaban J connectivity index is 1.45. The summed E-state index contributed by atoms with van der Waals surface area (Å²) in [5.41, 5.74) is 3.87. The molecular weight excluding hydrogens is 400 g/mol. The first-order valence-electron chi connectivity index (χ1n) is 9.91. The first-order valence-corrected chi connectivity index (χ1v) is 9.91. The molecule has 0 fully saturated rings. The Morgan fingerprint density at radius 2 is 2.10 bits per heavy atom. The third kappa shape index (κ3) is 4.60. The number of rotatable bonds is 5. The molecular formula is C24H21F2N3O2. The molecule has 0 radical (unpaired) electrons. The number of halogens is 2. The molecule has 5 nitrogen and oxygen atoms in total. The van der Waals surface area contributed by atoms with E-state index in [-0.39, 0.29) is 24.1 Å². The standard InChI is InChI=1S/C24H21F2N3O2/c1-14-12-27-15(2)23(29-14)19-7-8-21(26)20-11-18(31-24(19)20)13-28-22(30)9-6-16-4-3-5-17(25)10-16/h3-10,12,18H,11,13H2,1-2H3,(H,28,30)/b9-6+/t18-/m1/s1. The summed E-state index contributed by atoms with van der Waals surface area (Å²) in [6.07, 6.45) is 4.46. The fraction of sp³-hybridized carbons (Fsp3) is 0.208. The summed E-state index contributed by atoms with van der Waals surface area (Å²) >= 11 is 0. The molecule has 0 unspecified atom stereocenters. The molecule has 4 rings (SSSR count). The molecule has 0 aliphatic carbocycles. The van der Waals surface area contributed by atoms with Gasteiger partial charge in [0.15, 0.2) is 0 Å². The summed E-state index contributed by atoms with van der Waals surface area (Å²) in [7, 11) is 0. The smallest absolute Gasteiger partial charge is 0.244 e. The van der Waals surface area contributed by atoms with Crippen molar-refractivity contribution in [1.29, 1.82) is 0 Å². The largest absolute Gasteiger partial charge is 0.487 e. The lowest BCUT2D eigenvalue weighted by Gasteiger charge is -2.13. The number of aromatic nitrogens is 2. The van der Waals surface area contributed by atoms with Crippen LogP contribution in [0.25, 0.3) is 17.3 Å². The molecule has 3 aromatic rings. The molecule has 31 heavy (non-hydrogen) atoms. The fourth-order valence-electron chi connectivity index (χ4n) is 3.51. The molecule has 0 bridgehead atoms. The minimum Gasteiger partial charge on any atom is -0.487 e. The molecule has 1 amide bonds. The Morgan fingerprint density at radius 1 is 1.26 bits per heavy atom. The van der Waals surface area contributed by atoms with Crippen LogP contribution in [0.1, 0.15) is 22.5 Å². The molecule has 2 heterocycles. The Morgan fingerprint density at radius 3 is 2.90 bits per heavy atom. The number of benzene rings is 2. The summed E-state index contributed by atoms with van der Waals surface area (Å²) in [5.74, 6) is -0.620. The molecule has 0 saturated heterocycles. The summed E-state index contributed by atoms with van der Waals surface area (Å²) in [5, 5.41) is 2.75. The van der Waals surface area contributed by atoms with E-state index >= 15 is 0 Å². The minimum atomic E-state index is -0.407. The van der Waals surface area contributed by atoms with Crippen LogP contribution in [-0.2, 0) is 11.2 Å². The normalized spacial score (nSPS) is 15.0. The number of carbonyl (C=O) groups is 1. The van der Waals surface area contributed by atoms with E-state index in [1.165, 1.54) is 30.4 Å². The lowest BCUT2D eigenvalue weighted by atomic mass is 10.0. The maximum Gasteiger partial charge on any atom is 0.244 e. The molecule has 1 atom stereocenters. The predicted molar refractivity (Wildman–Crippen MR) is 113 cm³/mol. The zero-order valence-electron chi connectivity index (χ0n) is 17.2. The first-order chi connectivity index (χ1) is 14.9. The van der Waals surface area contributed by atoms with Gasteiger partial charge < -0.3 is 10.1 Å². The molecule has 0 saturated carbocycles. The zero-order chi connectivity index (χ0) is 22.0. The van der Waals surface area contributed by atoms with Crippen LogP contribution in [0.4, 0.5) is 8.78 Å². The molecule has 7 heteroatoms. The van der Waals surface area contributed by atoms with Crippen molar-refractivity contribution in [3.8, 4) is 17.0 Å². The van der Waals surface area contributed by atoms with Gasteiger partial charge in [0.2, 0.25) is 5.91 Å². The number of hydrogen-bond acceptors (Lipinski definition) is 4. The molecule has 1 aromatic heterocycles. The van der Waals surface area contributed by atoms with E-state index in [4.69, 9.17) is 4.74 Å². The first kappa shape index (κ1) is 20.7. The SMILES string of the molecule is Cc1cnc(C)c(-c2ccc(F)c3c2O[C@@H](CNC(=O)/C=C/c2cccc(F)c2)C3)n1. The molecule has 1 N–H and O–H groups in total. The van der Waals surface area contributed by atoms with Crippen molar-refractivity contribution in [2.45, 2.75) is 26.4 Å². The van der Waals surface area contributed by atoms with E-state index in [1.807, 2.05) is 13.8 Å². The second kappa shape index (κ2) is 8.63. The van der Waals surface area contributed by atoms with Gasteiger partial charge in [-0.25, -0.2) is 13.8 Å². The van der Waals surface area contributed by atoms with Crippen molar-refractivity contribution in [1.82, 2.24) is 15.3 Å². The number of amides is 1. The van der Waals surface area contributed by atoms with Gasteiger partial charge in [-0.05, 0) is 49.8 Å². The van der Waals surface area contributed by atoms with Gasteiger partial charge in [-0.2, -0.15) is 0 Å². The van der Waals surface area contributed by atoms with Crippen LogP contribution in [0, 0.1) is 25.5 Å². The summed E-state index contributed by atoms with van der Waals surface area (Å²) in [4.78, 5) is 21.0. The van der Waals surface area contributed by atoms with Gasteiger partial charge in [-0.3, -0.25) is 9.78 Å². The number of nitrogens with one attached hydrogen (secondary N) is 1. The number of carbonyl (C=O) groups excluding carboxylic acids is 1. The third-order valence-electron chi connectivity index (χ3n) is 5.03.